The Balaban J connectivity index is 2.03. The lowest BCUT2D eigenvalue weighted by atomic mass is 9.86. The molecule has 1 aliphatic rings. The molecule has 0 bridgehead atoms. The van der Waals surface area contributed by atoms with Crippen molar-refractivity contribution in [3.05, 3.63) is 35.4 Å². The second-order valence-electron chi connectivity index (χ2n) is 7.07. The van der Waals surface area contributed by atoms with Gasteiger partial charge in [0.1, 0.15) is 0 Å². The third-order valence-electron chi connectivity index (χ3n) is 4.42. The summed E-state index contributed by atoms with van der Waals surface area (Å²) in [6, 6.07) is 9.62. The Hall–Kier alpha value is -0.860. The molecule has 0 amide bonds. The lowest BCUT2D eigenvalue weighted by molar-refractivity contribution is 0.208. The monoisotopic (exact) mass is 274 g/mol. The minimum Gasteiger partial charge on any atom is -0.312 e. The summed E-state index contributed by atoms with van der Waals surface area (Å²) in [4.78, 5) is 2.60. The van der Waals surface area contributed by atoms with Crippen LogP contribution < -0.4 is 5.32 Å². The lowest BCUT2D eigenvalue weighted by Crippen LogP contribution is -2.37. The van der Waals surface area contributed by atoms with Crippen LogP contribution in [0.2, 0.25) is 0 Å². The average Bonchev–Trinajstić information content (AvgIpc) is 2.45. The Morgan fingerprint density at radius 2 is 1.65 bits per heavy atom. The van der Waals surface area contributed by atoms with Gasteiger partial charge >= 0.3 is 0 Å². The number of likely N-dealkylation sites (tertiary alicyclic amines) is 1. The van der Waals surface area contributed by atoms with Crippen LogP contribution in [0.5, 0.6) is 0 Å². The van der Waals surface area contributed by atoms with Gasteiger partial charge in [0.05, 0.1) is 0 Å². The van der Waals surface area contributed by atoms with Gasteiger partial charge in [0, 0.05) is 12.6 Å². The molecule has 2 heteroatoms. The molecule has 0 aliphatic carbocycles. The summed E-state index contributed by atoms with van der Waals surface area (Å²) in [5.41, 5.74) is 3.06. The first-order valence-corrected chi connectivity index (χ1v) is 8.01. The maximum absolute atomic E-state index is 3.48. The van der Waals surface area contributed by atoms with Gasteiger partial charge in [0.15, 0.2) is 0 Å². The maximum atomic E-state index is 3.48. The molecular formula is C18H30N2. The van der Waals surface area contributed by atoms with Crippen LogP contribution >= 0.6 is 0 Å². The van der Waals surface area contributed by atoms with Crippen LogP contribution in [0, 0.1) is 0 Å². The Morgan fingerprint density at radius 3 is 2.15 bits per heavy atom. The van der Waals surface area contributed by atoms with Crippen LogP contribution in [0.1, 0.15) is 57.2 Å². The van der Waals surface area contributed by atoms with Crippen molar-refractivity contribution in [1.29, 1.82) is 0 Å². The second kappa shape index (κ2) is 6.73. The first-order valence-electron chi connectivity index (χ1n) is 8.01. The topological polar surface area (TPSA) is 15.3 Å². The zero-order valence-corrected chi connectivity index (χ0v) is 13.6. The maximum Gasteiger partial charge on any atom is 0.0446 e. The number of piperidine rings is 1. The molecule has 1 aliphatic heterocycles. The summed E-state index contributed by atoms with van der Waals surface area (Å²) >= 11 is 0. The van der Waals surface area contributed by atoms with Crippen molar-refractivity contribution in [2.75, 3.05) is 26.7 Å². The molecule has 1 saturated heterocycles. The number of nitrogens with one attached hydrogen (secondary N) is 1. The van der Waals surface area contributed by atoms with Gasteiger partial charge in [-0.05, 0) is 49.5 Å². The van der Waals surface area contributed by atoms with E-state index < -0.39 is 0 Å². The van der Waals surface area contributed by atoms with E-state index in [-0.39, 0.29) is 5.41 Å². The molecule has 1 atom stereocenters. The molecule has 1 aromatic rings. The molecule has 112 valence electrons. The van der Waals surface area contributed by atoms with Crippen LogP contribution in [0.3, 0.4) is 0 Å². The fourth-order valence-corrected chi connectivity index (χ4v) is 2.98. The number of benzene rings is 1. The van der Waals surface area contributed by atoms with Gasteiger partial charge in [-0.25, -0.2) is 0 Å². The van der Waals surface area contributed by atoms with Gasteiger partial charge in [-0.3, -0.25) is 0 Å². The normalized spacial score (nSPS) is 19.0. The van der Waals surface area contributed by atoms with E-state index in [0.29, 0.717) is 6.04 Å². The van der Waals surface area contributed by atoms with E-state index in [0.717, 1.165) is 6.54 Å². The molecule has 2 nitrogen and oxygen atoms in total. The van der Waals surface area contributed by atoms with Gasteiger partial charge < -0.3 is 10.2 Å². The van der Waals surface area contributed by atoms with E-state index in [2.05, 4.69) is 62.3 Å². The highest BCUT2D eigenvalue weighted by molar-refractivity contribution is 5.29. The van der Waals surface area contributed by atoms with E-state index in [1.807, 2.05) is 0 Å². The summed E-state index contributed by atoms with van der Waals surface area (Å²) in [7, 11) is 2.08. The van der Waals surface area contributed by atoms with Crippen LogP contribution in [0.25, 0.3) is 0 Å². The van der Waals surface area contributed by atoms with Crippen molar-refractivity contribution >= 4 is 0 Å². The molecule has 2 rings (SSSR count). The predicted octanol–water partition coefficient (Wildman–Crippen LogP) is 3.73. The zero-order valence-electron chi connectivity index (χ0n) is 13.6. The van der Waals surface area contributed by atoms with Crippen molar-refractivity contribution < 1.29 is 0 Å². The first kappa shape index (κ1) is 15.5. The molecule has 1 heterocycles. The standard InChI is InChI=1S/C18H30N2/c1-18(2,3)16-10-8-15(9-11-16)17(19-4)14-20-12-6-5-7-13-20/h8-11,17,19H,5-7,12-14H2,1-4H3. The van der Waals surface area contributed by atoms with E-state index in [1.165, 1.54) is 43.5 Å². The molecular weight excluding hydrogens is 244 g/mol. The minimum atomic E-state index is 0.237. The van der Waals surface area contributed by atoms with Gasteiger partial charge in [0.2, 0.25) is 0 Å². The first-order chi connectivity index (χ1) is 9.50. The third kappa shape index (κ3) is 4.07. The number of rotatable bonds is 4. The Bertz CT molecular complexity index is 396. The Morgan fingerprint density at radius 1 is 1.05 bits per heavy atom. The Labute approximate surface area is 124 Å². The van der Waals surface area contributed by atoms with Gasteiger partial charge in [-0.2, -0.15) is 0 Å². The quantitative estimate of drug-likeness (QED) is 0.900. The van der Waals surface area contributed by atoms with Crippen molar-refractivity contribution in [1.82, 2.24) is 10.2 Å². The highest BCUT2D eigenvalue weighted by Crippen LogP contribution is 2.24. The fourth-order valence-electron chi connectivity index (χ4n) is 2.98. The van der Waals surface area contributed by atoms with Crippen LogP contribution in [0.4, 0.5) is 0 Å². The van der Waals surface area contributed by atoms with Crippen LogP contribution in [0.15, 0.2) is 24.3 Å². The minimum absolute atomic E-state index is 0.237. The van der Waals surface area contributed by atoms with Gasteiger partial charge in [-0.1, -0.05) is 51.5 Å². The summed E-state index contributed by atoms with van der Waals surface area (Å²) < 4.78 is 0. The van der Waals surface area contributed by atoms with Crippen molar-refractivity contribution in [2.24, 2.45) is 0 Å². The van der Waals surface area contributed by atoms with Crippen molar-refractivity contribution in [2.45, 2.75) is 51.5 Å². The Kier molecular flexibility index (Phi) is 5.22. The number of likely N-dealkylation sites (N-methyl/N-ethyl adjacent to an activating group) is 1. The molecule has 20 heavy (non-hydrogen) atoms. The van der Waals surface area contributed by atoms with Gasteiger partial charge in [-0.15, -0.1) is 0 Å². The van der Waals surface area contributed by atoms with E-state index in [1.54, 1.807) is 0 Å². The number of nitrogens with zero attached hydrogens (tertiary/aromatic N) is 1. The molecule has 0 saturated carbocycles. The third-order valence-corrected chi connectivity index (χ3v) is 4.42. The summed E-state index contributed by atoms with van der Waals surface area (Å²) in [5.74, 6) is 0. The number of hydrogen-bond donors (Lipinski definition) is 1. The highest BCUT2D eigenvalue weighted by Gasteiger charge is 2.18. The van der Waals surface area contributed by atoms with E-state index in [4.69, 9.17) is 0 Å². The largest absolute Gasteiger partial charge is 0.312 e. The molecule has 1 aromatic carbocycles. The average molecular weight is 274 g/mol. The second-order valence-corrected chi connectivity index (χ2v) is 7.07. The molecule has 0 spiro atoms. The predicted molar refractivity (Wildman–Crippen MR) is 87.2 cm³/mol. The van der Waals surface area contributed by atoms with E-state index in [9.17, 15) is 0 Å². The summed E-state index contributed by atoms with van der Waals surface area (Å²) in [6.45, 7) is 10.5. The molecule has 0 radical (unpaired) electrons. The highest BCUT2D eigenvalue weighted by atomic mass is 15.1. The van der Waals surface area contributed by atoms with Crippen molar-refractivity contribution in [3.63, 3.8) is 0 Å². The molecule has 1 N–H and O–H groups in total. The molecule has 1 fully saturated rings. The fraction of sp³-hybridized carbons (Fsp3) is 0.667. The smallest absolute Gasteiger partial charge is 0.0446 e. The summed E-state index contributed by atoms with van der Waals surface area (Å²) in [5, 5.41) is 3.48. The van der Waals surface area contributed by atoms with Crippen molar-refractivity contribution in [3.8, 4) is 0 Å². The van der Waals surface area contributed by atoms with Crippen LogP contribution in [-0.4, -0.2) is 31.6 Å². The SMILES string of the molecule is CNC(CN1CCCCC1)c1ccc(C(C)(C)C)cc1. The van der Waals surface area contributed by atoms with Gasteiger partial charge in [0.25, 0.3) is 0 Å². The molecule has 0 aromatic heterocycles. The zero-order chi connectivity index (χ0) is 14.6. The number of hydrogen-bond acceptors (Lipinski definition) is 2. The molecule has 1 unspecified atom stereocenters. The van der Waals surface area contributed by atoms with E-state index >= 15 is 0 Å². The summed E-state index contributed by atoms with van der Waals surface area (Å²) in [6.07, 6.45) is 4.12. The lowest BCUT2D eigenvalue weighted by Gasteiger charge is -2.30. The van der Waals surface area contributed by atoms with Crippen LogP contribution in [-0.2, 0) is 5.41 Å².